The maximum atomic E-state index is 11.7. The molecule has 4 heteroatoms. The maximum Gasteiger partial charge on any atom is 0.266 e. The van der Waals surface area contributed by atoms with Gasteiger partial charge >= 0.3 is 0 Å². The minimum atomic E-state index is -0.319. The van der Waals surface area contributed by atoms with Gasteiger partial charge in [-0.2, -0.15) is 5.26 Å². The van der Waals surface area contributed by atoms with Crippen molar-refractivity contribution >= 4 is 11.3 Å². The summed E-state index contributed by atoms with van der Waals surface area (Å²) in [7, 11) is 0. The second-order valence-corrected chi connectivity index (χ2v) is 5.01. The number of thiophene rings is 1. The summed E-state index contributed by atoms with van der Waals surface area (Å²) in [6, 6.07) is 5.87. The minimum Gasteiger partial charge on any atom is -0.328 e. The Morgan fingerprint density at radius 3 is 2.76 bits per heavy atom. The van der Waals surface area contributed by atoms with Crippen molar-refractivity contribution in [3.8, 4) is 16.5 Å². The molecular weight excluding hydrogens is 232 g/mol. The van der Waals surface area contributed by atoms with Crippen molar-refractivity contribution in [2.24, 2.45) is 0 Å². The third-order valence-corrected chi connectivity index (χ3v) is 3.51. The zero-order chi connectivity index (χ0) is 12.4. The zero-order valence-corrected chi connectivity index (χ0v) is 10.5. The van der Waals surface area contributed by atoms with E-state index < -0.39 is 0 Å². The van der Waals surface area contributed by atoms with Crippen LogP contribution in [0.4, 0.5) is 0 Å². The number of nitriles is 1. The molecule has 0 amide bonds. The third kappa shape index (κ3) is 2.02. The van der Waals surface area contributed by atoms with Crippen LogP contribution in [0.15, 0.2) is 28.5 Å². The summed E-state index contributed by atoms with van der Waals surface area (Å²) < 4.78 is 0. The first kappa shape index (κ1) is 11.6. The molecule has 0 aliphatic rings. The minimum absolute atomic E-state index is 0.207. The highest BCUT2D eigenvalue weighted by Crippen LogP contribution is 2.32. The highest BCUT2D eigenvalue weighted by molar-refractivity contribution is 7.13. The van der Waals surface area contributed by atoms with Gasteiger partial charge in [-0.3, -0.25) is 4.79 Å². The average molecular weight is 244 g/mol. The van der Waals surface area contributed by atoms with Crippen LogP contribution in [-0.2, 0) is 0 Å². The van der Waals surface area contributed by atoms with Gasteiger partial charge in [0.1, 0.15) is 11.6 Å². The van der Waals surface area contributed by atoms with Crippen molar-refractivity contribution in [1.29, 1.82) is 5.26 Å². The molecule has 0 aliphatic carbocycles. The fraction of sp³-hybridized carbons (Fsp3) is 0.231. The highest BCUT2D eigenvalue weighted by atomic mass is 32.1. The number of hydrogen-bond acceptors (Lipinski definition) is 3. The molecular formula is C13H12N2OS. The average Bonchev–Trinajstić information content (AvgIpc) is 2.81. The number of nitrogens with one attached hydrogen (secondary N) is 1. The zero-order valence-electron chi connectivity index (χ0n) is 9.65. The lowest BCUT2D eigenvalue weighted by atomic mass is 9.95. The molecule has 0 aliphatic heterocycles. The molecule has 2 aromatic rings. The van der Waals surface area contributed by atoms with E-state index in [0.717, 1.165) is 16.0 Å². The molecule has 86 valence electrons. The molecule has 17 heavy (non-hydrogen) atoms. The maximum absolute atomic E-state index is 11.7. The number of aromatic amines is 1. The topological polar surface area (TPSA) is 56.6 Å². The van der Waals surface area contributed by atoms with Crippen LogP contribution in [0.2, 0.25) is 0 Å². The monoisotopic (exact) mass is 244 g/mol. The van der Waals surface area contributed by atoms with E-state index in [4.69, 9.17) is 5.26 Å². The first-order chi connectivity index (χ1) is 8.15. The van der Waals surface area contributed by atoms with Gasteiger partial charge in [0.15, 0.2) is 0 Å². The van der Waals surface area contributed by atoms with Crippen molar-refractivity contribution in [2.45, 2.75) is 19.8 Å². The molecule has 0 radical (unpaired) electrons. The smallest absolute Gasteiger partial charge is 0.266 e. The first-order valence-electron chi connectivity index (χ1n) is 5.34. The number of H-pyrrole nitrogens is 1. The van der Waals surface area contributed by atoms with E-state index >= 15 is 0 Å². The second-order valence-electron chi connectivity index (χ2n) is 4.07. The lowest BCUT2D eigenvalue weighted by Crippen LogP contribution is -2.13. The molecule has 0 spiro atoms. The number of pyridine rings is 1. The molecule has 0 atom stereocenters. The number of rotatable bonds is 2. The number of hydrogen-bond donors (Lipinski definition) is 1. The van der Waals surface area contributed by atoms with Gasteiger partial charge in [0.05, 0.1) is 0 Å². The van der Waals surface area contributed by atoms with Crippen molar-refractivity contribution in [1.82, 2.24) is 4.98 Å². The van der Waals surface area contributed by atoms with Crippen LogP contribution < -0.4 is 5.56 Å². The van der Waals surface area contributed by atoms with E-state index in [-0.39, 0.29) is 17.0 Å². The van der Waals surface area contributed by atoms with E-state index in [2.05, 4.69) is 4.98 Å². The third-order valence-electron chi connectivity index (χ3n) is 2.63. The lowest BCUT2D eigenvalue weighted by Gasteiger charge is -2.12. The number of nitrogens with zero attached hydrogens (tertiary/aromatic N) is 1. The van der Waals surface area contributed by atoms with Crippen molar-refractivity contribution in [3.63, 3.8) is 0 Å². The van der Waals surface area contributed by atoms with Crippen LogP contribution in [0.25, 0.3) is 10.4 Å². The Morgan fingerprint density at radius 2 is 2.24 bits per heavy atom. The van der Waals surface area contributed by atoms with Gasteiger partial charge in [-0.1, -0.05) is 19.9 Å². The molecule has 0 aromatic carbocycles. The highest BCUT2D eigenvalue weighted by Gasteiger charge is 2.16. The van der Waals surface area contributed by atoms with Crippen molar-refractivity contribution in [3.05, 3.63) is 45.2 Å². The summed E-state index contributed by atoms with van der Waals surface area (Å²) in [6.45, 7) is 4.10. The molecule has 1 N–H and O–H groups in total. The molecule has 0 unspecified atom stereocenters. The Balaban J connectivity index is 2.82. The van der Waals surface area contributed by atoms with Crippen molar-refractivity contribution in [2.75, 3.05) is 0 Å². The molecule has 0 fully saturated rings. The summed E-state index contributed by atoms with van der Waals surface area (Å²) in [5, 5.41) is 11.1. The van der Waals surface area contributed by atoms with Gasteiger partial charge in [-0.25, -0.2) is 0 Å². The predicted molar refractivity (Wildman–Crippen MR) is 69.2 cm³/mol. The fourth-order valence-electron chi connectivity index (χ4n) is 1.79. The lowest BCUT2D eigenvalue weighted by molar-refractivity contribution is 0.857. The van der Waals surface area contributed by atoms with Crippen LogP contribution in [0.5, 0.6) is 0 Å². The van der Waals surface area contributed by atoms with Crippen LogP contribution in [-0.4, -0.2) is 4.98 Å². The predicted octanol–water partition coefficient (Wildman–Crippen LogP) is 3.10. The Hall–Kier alpha value is -1.86. The SMILES string of the molecule is CC(C)c1c[nH]c(=O)c(C#N)c1-c1cccs1. The van der Waals surface area contributed by atoms with Gasteiger partial charge in [-0.05, 0) is 22.9 Å². The van der Waals surface area contributed by atoms with Gasteiger partial charge in [0.2, 0.25) is 0 Å². The Labute approximate surface area is 103 Å². The molecule has 3 nitrogen and oxygen atoms in total. The van der Waals surface area contributed by atoms with Crippen LogP contribution in [0, 0.1) is 11.3 Å². The van der Waals surface area contributed by atoms with E-state index in [9.17, 15) is 4.79 Å². The molecule has 2 aromatic heterocycles. The fourth-order valence-corrected chi connectivity index (χ4v) is 2.59. The molecule has 2 rings (SSSR count). The van der Waals surface area contributed by atoms with Crippen LogP contribution >= 0.6 is 11.3 Å². The van der Waals surface area contributed by atoms with Crippen molar-refractivity contribution < 1.29 is 0 Å². The number of aromatic nitrogens is 1. The molecule has 0 saturated heterocycles. The van der Waals surface area contributed by atoms with Gasteiger partial charge in [0, 0.05) is 16.6 Å². The van der Waals surface area contributed by atoms with E-state index in [1.807, 2.05) is 37.4 Å². The van der Waals surface area contributed by atoms with E-state index in [1.165, 1.54) is 0 Å². The Morgan fingerprint density at radius 1 is 1.47 bits per heavy atom. The summed E-state index contributed by atoms with van der Waals surface area (Å²) in [6.07, 6.45) is 1.71. The summed E-state index contributed by atoms with van der Waals surface area (Å²) in [5.74, 6) is 0.260. The van der Waals surface area contributed by atoms with Crippen LogP contribution in [0.3, 0.4) is 0 Å². The molecule has 2 heterocycles. The normalized spacial score (nSPS) is 10.5. The quantitative estimate of drug-likeness (QED) is 0.882. The van der Waals surface area contributed by atoms with Gasteiger partial charge < -0.3 is 4.98 Å². The second kappa shape index (κ2) is 4.56. The molecule has 0 bridgehead atoms. The van der Waals surface area contributed by atoms with Crippen LogP contribution in [0.1, 0.15) is 30.9 Å². The summed E-state index contributed by atoms with van der Waals surface area (Å²) in [5.41, 5.74) is 1.67. The van der Waals surface area contributed by atoms with E-state index in [1.54, 1.807) is 17.5 Å². The standard InChI is InChI=1S/C13H12N2OS/c1-8(2)10-7-15-13(16)9(6-14)12(10)11-4-3-5-17-11/h3-5,7-8H,1-2H3,(H,15,16). The first-order valence-corrected chi connectivity index (χ1v) is 6.22. The summed E-state index contributed by atoms with van der Waals surface area (Å²) >= 11 is 1.54. The Kier molecular flexibility index (Phi) is 3.12. The summed E-state index contributed by atoms with van der Waals surface area (Å²) in [4.78, 5) is 15.3. The van der Waals surface area contributed by atoms with Gasteiger partial charge in [-0.15, -0.1) is 11.3 Å². The largest absolute Gasteiger partial charge is 0.328 e. The van der Waals surface area contributed by atoms with Gasteiger partial charge in [0.25, 0.3) is 5.56 Å². The Bertz CT molecular complexity index is 618. The van der Waals surface area contributed by atoms with E-state index in [0.29, 0.717) is 0 Å². The molecule has 0 saturated carbocycles.